The van der Waals surface area contributed by atoms with E-state index in [1.807, 2.05) is 6.92 Å². The van der Waals surface area contributed by atoms with E-state index >= 15 is 0 Å². The number of carbonyl (C=O) groups is 2. The minimum Gasteiger partial charge on any atom is -0.354 e. The van der Waals surface area contributed by atoms with Gasteiger partial charge in [-0.3, -0.25) is 9.59 Å². The number of unbranched alkanes of at least 4 members (excludes halogenated alkanes) is 1. The molecule has 0 aliphatic rings. The second-order valence-electron chi connectivity index (χ2n) is 8.45. The summed E-state index contributed by atoms with van der Waals surface area (Å²) in [6.45, 7) is 3.68. The van der Waals surface area contributed by atoms with Gasteiger partial charge in [0.15, 0.2) is 0 Å². The first-order chi connectivity index (χ1) is 17.0. The first-order valence-corrected chi connectivity index (χ1v) is 13.6. The van der Waals surface area contributed by atoms with Crippen molar-refractivity contribution in [3.8, 4) is 0 Å². The van der Waals surface area contributed by atoms with Crippen molar-refractivity contribution in [1.82, 2.24) is 14.5 Å². The fourth-order valence-corrected chi connectivity index (χ4v) is 4.81. The highest BCUT2D eigenvalue weighted by Crippen LogP contribution is 2.23. The lowest BCUT2D eigenvalue weighted by Crippen LogP contribution is -2.53. The number of amides is 2. The van der Waals surface area contributed by atoms with Gasteiger partial charge in [-0.25, -0.2) is 8.70 Å². The Morgan fingerprint density at radius 3 is 2.25 bits per heavy atom. The largest absolute Gasteiger partial charge is 0.354 e. The molecule has 0 bridgehead atoms. The van der Waals surface area contributed by atoms with Crippen LogP contribution in [-0.2, 0) is 26.3 Å². The Morgan fingerprint density at radius 1 is 1.06 bits per heavy atom. The van der Waals surface area contributed by atoms with E-state index in [4.69, 9.17) is 11.6 Å². The van der Waals surface area contributed by atoms with Gasteiger partial charge in [-0.2, -0.15) is 12.7 Å². The zero-order valence-corrected chi connectivity index (χ0v) is 22.7. The average Bonchev–Trinajstić information content (AvgIpc) is 2.84. The summed E-state index contributed by atoms with van der Waals surface area (Å²) in [6.07, 6.45) is 2.00. The summed E-state index contributed by atoms with van der Waals surface area (Å²) in [7, 11) is -1.43. The number of nitrogens with zero attached hydrogens (tertiary/aromatic N) is 3. The van der Waals surface area contributed by atoms with Crippen molar-refractivity contribution in [1.29, 1.82) is 0 Å². The van der Waals surface area contributed by atoms with E-state index < -0.39 is 34.5 Å². The molecule has 0 radical (unpaired) electrons. The minimum absolute atomic E-state index is 0.0114. The third kappa shape index (κ3) is 7.65. The quantitative estimate of drug-likeness (QED) is 0.391. The monoisotopic (exact) mass is 540 g/mol. The molecule has 36 heavy (non-hydrogen) atoms. The van der Waals surface area contributed by atoms with Gasteiger partial charge in [0.05, 0.1) is 5.69 Å². The molecule has 8 nitrogen and oxygen atoms in total. The van der Waals surface area contributed by atoms with Crippen LogP contribution in [0.15, 0.2) is 48.5 Å². The summed E-state index contributed by atoms with van der Waals surface area (Å²) < 4.78 is 41.6. The van der Waals surface area contributed by atoms with Crippen molar-refractivity contribution in [3.05, 3.63) is 64.9 Å². The number of hydrogen-bond acceptors (Lipinski definition) is 4. The molecule has 0 fully saturated rings. The third-order valence-electron chi connectivity index (χ3n) is 5.65. The lowest BCUT2D eigenvalue weighted by Gasteiger charge is -2.34. The SMILES string of the molecule is CCCCNC(=O)[C@H](CC)N(Cc1ccccc1Cl)C(=O)CN(c1ccc(F)cc1)S(=O)(=O)N(C)C. The normalized spacial score (nSPS) is 12.3. The first-order valence-electron chi connectivity index (χ1n) is 11.8. The maximum absolute atomic E-state index is 13.7. The van der Waals surface area contributed by atoms with E-state index in [1.54, 1.807) is 31.2 Å². The predicted octanol–water partition coefficient (Wildman–Crippen LogP) is 3.82. The van der Waals surface area contributed by atoms with Gasteiger partial charge in [0.1, 0.15) is 18.4 Å². The summed E-state index contributed by atoms with van der Waals surface area (Å²) >= 11 is 6.35. The van der Waals surface area contributed by atoms with Crippen LogP contribution in [0.1, 0.15) is 38.7 Å². The van der Waals surface area contributed by atoms with Gasteiger partial charge >= 0.3 is 10.2 Å². The van der Waals surface area contributed by atoms with Crippen LogP contribution in [-0.4, -0.2) is 62.7 Å². The Hall–Kier alpha value is -2.69. The van der Waals surface area contributed by atoms with Crippen LogP contribution in [0.3, 0.4) is 0 Å². The van der Waals surface area contributed by atoms with E-state index in [0.29, 0.717) is 23.6 Å². The second kappa shape index (κ2) is 13.6. The fourth-order valence-electron chi connectivity index (χ4n) is 3.56. The Balaban J connectivity index is 2.47. The highest BCUT2D eigenvalue weighted by atomic mass is 35.5. The summed E-state index contributed by atoms with van der Waals surface area (Å²) in [5, 5.41) is 3.29. The Bertz CT molecular complexity index is 1130. The molecular formula is C25H34ClFN4O4S. The minimum atomic E-state index is -4.11. The molecule has 2 aromatic carbocycles. The van der Waals surface area contributed by atoms with Crippen LogP contribution in [0, 0.1) is 5.82 Å². The molecular weight excluding hydrogens is 507 g/mol. The molecule has 1 atom stereocenters. The number of benzene rings is 2. The molecule has 0 saturated heterocycles. The molecule has 11 heteroatoms. The number of anilines is 1. The molecule has 2 aromatic rings. The van der Waals surface area contributed by atoms with Crippen molar-refractivity contribution in [3.63, 3.8) is 0 Å². The van der Waals surface area contributed by atoms with Gasteiger partial charge in [0.25, 0.3) is 0 Å². The molecule has 0 unspecified atom stereocenters. The van der Waals surface area contributed by atoms with Crippen molar-refractivity contribution < 1.29 is 22.4 Å². The molecule has 2 rings (SSSR count). The third-order valence-corrected chi connectivity index (χ3v) is 7.84. The summed E-state index contributed by atoms with van der Waals surface area (Å²) in [4.78, 5) is 28.1. The Kier molecular flexibility index (Phi) is 11.1. The first kappa shape index (κ1) is 29.5. The number of nitrogens with one attached hydrogen (secondary N) is 1. The van der Waals surface area contributed by atoms with Crippen molar-refractivity contribution in [2.24, 2.45) is 0 Å². The van der Waals surface area contributed by atoms with Crippen molar-refractivity contribution in [2.75, 3.05) is 31.5 Å². The van der Waals surface area contributed by atoms with E-state index in [0.717, 1.165) is 33.6 Å². The summed E-state index contributed by atoms with van der Waals surface area (Å²) in [6, 6.07) is 10.9. The second-order valence-corrected chi connectivity index (χ2v) is 10.9. The van der Waals surface area contributed by atoms with Crippen LogP contribution in [0.25, 0.3) is 0 Å². The van der Waals surface area contributed by atoms with Crippen molar-refractivity contribution >= 4 is 39.3 Å². The van der Waals surface area contributed by atoms with Crippen LogP contribution < -0.4 is 9.62 Å². The zero-order valence-electron chi connectivity index (χ0n) is 21.1. The Labute approximate surface area is 218 Å². The van der Waals surface area contributed by atoms with Crippen LogP contribution in [0.2, 0.25) is 5.02 Å². The molecule has 1 N–H and O–H groups in total. The van der Waals surface area contributed by atoms with Crippen LogP contribution >= 0.6 is 11.6 Å². The van der Waals surface area contributed by atoms with E-state index in [9.17, 15) is 22.4 Å². The van der Waals surface area contributed by atoms with Crippen molar-refractivity contribution in [2.45, 2.75) is 45.7 Å². The van der Waals surface area contributed by atoms with Gasteiger partial charge in [-0.05, 0) is 48.7 Å². The predicted molar refractivity (Wildman–Crippen MR) is 140 cm³/mol. The highest BCUT2D eigenvalue weighted by Gasteiger charge is 2.34. The van der Waals surface area contributed by atoms with E-state index in [-0.39, 0.29) is 18.1 Å². The maximum Gasteiger partial charge on any atom is 0.304 e. The summed E-state index contributed by atoms with van der Waals surface area (Å²) in [5.41, 5.74) is 0.743. The van der Waals surface area contributed by atoms with Gasteiger partial charge in [-0.15, -0.1) is 0 Å². The molecule has 0 spiro atoms. The molecule has 0 aliphatic carbocycles. The van der Waals surface area contributed by atoms with E-state index in [1.165, 1.54) is 31.1 Å². The summed E-state index contributed by atoms with van der Waals surface area (Å²) in [5.74, 6) is -1.46. The van der Waals surface area contributed by atoms with Gasteiger partial charge in [-0.1, -0.05) is 50.1 Å². The fraction of sp³-hybridized carbons (Fsp3) is 0.440. The lowest BCUT2D eigenvalue weighted by atomic mass is 10.1. The van der Waals surface area contributed by atoms with Gasteiger partial charge in [0.2, 0.25) is 11.8 Å². The van der Waals surface area contributed by atoms with E-state index in [2.05, 4.69) is 5.32 Å². The van der Waals surface area contributed by atoms with Crippen LogP contribution in [0.5, 0.6) is 0 Å². The maximum atomic E-state index is 13.7. The lowest BCUT2D eigenvalue weighted by molar-refractivity contribution is -0.140. The molecule has 0 aromatic heterocycles. The standard InChI is InChI=1S/C25H34ClFN4O4S/c1-5-7-16-28-25(33)23(6-2)30(17-19-10-8-9-11-22(19)26)24(32)18-31(36(34,35)29(3)4)21-14-12-20(27)13-15-21/h8-15,23H,5-7,16-18H2,1-4H3,(H,28,33)/t23-/m0/s1. The smallest absolute Gasteiger partial charge is 0.304 e. The molecule has 0 heterocycles. The number of halogens is 2. The Morgan fingerprint density at radius 2 is 1.69 bits per heavy atom. The zero-order chi connectivity index (χ0) is 26.9. The number of carbonyl (C=O) groups excluding carboxylic acids is 2. The van der Waals surface area contributed by atoms with Crippen LogP contribution in [0.4, 0.5) is 10.1 Å². The number of rotatable bonds is 13. The van der Waals surface area contributed by atoms with Gasteiger partial charge in [0, 0.05) is 32.2 Å². The topological polar surface area (TPSA) is 90.0 Å². The average molecular weight is 541 g/mol. The molecule has 0 saturated carbocycles. The molecule has 198 valence electrons. The van der Waals surface area contributed by atoms with Gasteiger partial charge < -0.3 is 10.2 Å². The molecule has 2 amide bonds. The molecule has 0 aliphatic heterocycles. The highest BCUT2D eigenvalue weighted by molar-refractivity contribution is 7.90. The number of hydrogen-bond donors (Lipinski definition) is 1.